The number of nitrogens with one attached hydrogen (secondary N) is 1. The molecule has 0 atom stereocenters. The Morgan fingerprint density at radius 3 is 2.18 bits per heavy atom. The van der Waals surface area contributed by atoms with E-state index in [1.807, 2.05) is 0 Å². The monoisotopic (exact) mass is 384 g/mol. The Morgan fingerprint density at radius 2 is 1.61 bits per heavy atom. The van der Waals surface area contributed by atoms with Gasteiger partial charge in [0.05, 0.1) is 14.2 Å². The van der Waals surface area contributed by atoms with E-state index in [0.717, 1.165) is 0 Å². The molecule has 0 amide bonds. The highest BCUT2D eigenvalue weighted by atomic mass is 16.5. The third-order valence-electron chi connectivity index (χ3n) is 4.33. The van der Waals surface area contributed by atoms with Gasteiger partial charge in [-0.05, 0) is 29.0 Å². The van der Waals surface area contributed by atoms with Gasteiger partial charge in [0.25, 0.3) is 5.56 Å². The number of carbonyl (C=O) groups is 2. The summed E-state index contributed by atoms with van der Waals surface area (Å²) in [6.45, 7) is 0. The molecular formula is C19H16N2O7. The number of aromatic amines is 1. The molecule has 28 heavy (non-hydrogen) atoms. The number of nitrogens with two attached hydrogens (primary N) is 1. The van der Waals surface area contributed by atoms with E-state index in [2.05, 4.69) is 4.98 Å². The number of H-pyrrole nitrogens is 1. The van der Waals surface area contributed by atoms with E-state index in [4.69, 9.17) is 15.2 Å². The Bertz CT molecular complexity index is 1180. The molecule has 0 aliphatic carbocycles. The summed E-state index contributed by atoms with van der Waals surface area (Å²) in [7, 11) is 2.81. The van der Waals surface area contributed by atoms with Gasteiger partial charge in [-0.2, -0.15) is 0 Å². The molecule has 0 saturated carbocycles. The first-order chi connectivity index (χ1) is 13.3. The standard InChI is InChI=1S/C19H16N2O7/c1-27-9-5-3-8-4-6-11(28-2)12(10(8)7-9)13-14(18(23)24)16(20)21-17(22)15(13)19(25)26/h3-7H,1-2H3,(H,23,24)(H,25,26)(H3,20,21,22). The molecule has 0 aliphatic rings. The van der Waals surface area contributed by atoms with E-state index in [0.29, 0.717) is 16.5 Å². The molecule has 0 unspecified atom stereocenters. The van der Waals surface area contributed by atoms with E-state index < -0.39 is 34.4 Å². The van der Waals surface area contributed by atoms with Crippen LogP contribution in [0, 0.1) is 0 Å². The molecule has 144 valence electrons. The van der Waals surface area contributed by atoms with Crippen LogP contribution in [0.4, 0.5) is 5.82 Å². The van der Waals surface area contributed by atoms with E-state index in [9.17, 15) is 24.6 Å². The molecule has 0 spiro atoms. The largest absolute Gasteiger partial charge is 0.497 e. The number of pyridine rings is 1. The predicted molar refractivity (Wildman–Crippen MR) is 101 cm³/mol. The predicted octanol–water partition coefficient (Wildman–Crippen LogP) is 2.19. The van der Waals surface area contributed by atoms with Crippen molar-refractivity contribution in [3.05, 3.63) is 51.8 Å². The SMILES string of the molecule is COc1ccc2ccc(OC)c(-c3c(C(=O)O)c(N)[nH]c(=O)c3C(=O)O)c2c1. The summed E-state index contributed by atoms with van der Waals surface area (Å²) >= 11 is 0. The fraction of sp³-hybridized carbons (Fsp3) is 0.105. The number of aromatic nitrogens is 1. The van der Waals surface area contributed by atoms with Gasteiger partial charge in [-0.25, -0.2) is 9.59 Å². The summed E-state index contributed by atoms with van der Waals surface area (Å²) in [6, 6.07) is 8.28. The topological polar surface area (TPSA) is 152 Å². The molecule has 9 nitrogen and oxygen atoms in total. The first-order valence-corrected chi connectivity index (χ1v) is 7.97. The van der Waals surface area contributed by atoms with Crippen LogP contribution in [0.1, 0.15) is 20.7 Å². The van der Waals surface area contributed by atoms with Gasteiger partial charge >= 0.3 is 11.9 Å². The van der Waals surface area contributed by atoms with Crippen molar-refractivity contribution in [3.8, 4) is 22.6 Å². The summed E-state index contributed by atoms with van der Waals surface area (Å²) < 4.78 is 10.6. The summed E-state index contributed by atoms with van der Waals surface area (Å²) in [5, 5.41) is 20.4. The van der Waals surface area contributed by atoms with Crippen LogP contribution in [0.3, 0.4) is 0 Å². The highest BCUT2D eigenvalue weighted by Crippen LogP contribution is 2.42. The highest BCUT2D eigenvalue weighted by molar-refractivity contribution is 6.13. The molecule has 5 N–H and O–H groups in total. The van der Waals surface area contributed by atoms with Crippen LogP contribution in [-0.2, 0) is 0 Å². The molecule has 0 radical (unpaired) electrons. The molecule has 0 saturated heterocycles. The van der Waals surface area contributed by atoms with Crippen LogP contribution < -0.4 is 20.8 Å². The minimum Gasteiger partial charge on any atom is -0.497 e. The van der Waals surface area contributed by atoms with Crippen molar-refractivity contribution in [3.63, 3.8) is 0 Å². The van der Waals surface area contributed by atoms with E-state index in [1.54, 1.807) is 30.3 Å². The van der Waals surface area contributed by atoms with Gasteiger partial charge in [0.2, 0.25) is 0 Å². The second-order valence-corrected chi connectivity index (χ2v) is 5.83. The van der Waals surface area contributed by atoms with Crippen LogP contribution >= 0.6 is 0 Å². The van der Waals surface area contributed by atoms with Crippen molar-refractivity contribution in [1.29, 1.82) is 0 Å². The number of ether oxygens (including phenoxy) is 2. The van der Waals surface area contributed by atoms with Crippen LogP contribution in [0.5, 0.6) is 11.5 Å². The zero-order chi connectivity index (χ0) is 20.6. The highest BCUT2D eigenvalue weighted by Gasteiger charge is 2.29. The lowest BCUT2D eigenvalue weighted by Crippen LogP contribution is -2.24. The van der Waals surface area contributed by atoms with Gasteiger partial charge in [0.15, 0.2) is 0 Å². The summed E-state index contributed by atoms with van der Waals surface area (Å²) in [5.41, 5.74) is 3.20. The number of anilines is 1. The second-order valence-electron chi connectivity index (χ2n) is 5.83. The Morgan fingerprint density at radius 1 is 0.964 bits per heavy atom. The molecule has 1 aromatic heterocycles. The molecule has 0 aliphatic heterocycles. The molecule has 0 fully saturated rings. The van der Waals surface area contributed by atoms with Gasteiger partial charge in [0.1, 0.15) is 28.4 Å². The first kappa shape index (κ1) is 18.8. The van der Waals surface area contributed by atoms with E-state index in [1.165, 1.54) is 14.2 Å². The lowest BCUT2D eigenvalue weighted by molar-refractivity contribution is 0.0695. The van der Waals surface area contributed by atoms with Gasteiger partial charge < -0.3 is 30.4 Å². The third-order valence-corrected chi connectivity index (χ3v) is 4.33. The van der Waals surface area contributed by atoms with Crippen molar-refractivity contribution in [2.24, 2.45) is 0 Å². The Balaban J connectivity index is 2.64. The van der Waals surface area contributed by atoms with Gasteiger partial charge in [-0.1, -0.05) is 12.1 Å². The van der Waals surface area contributed by atoms with Crippen LogP contribution in [-0.4, -0.2) is 41.4 Å². The molecule has 0 bridgehead atoms. The third kappa shape index (κ3) is 2.88. The lowest BCUT2D eigenvalue weighted by atomic mass is 9.90. The Labute approximate surface area is 157 Å². The summed E-state index contributed by atoms with van der Waals surface area (Å²) in [4.78, 5) is 38.2. The molecule has 9 heteroatoms. The van der Waals surface area contributed by atoms with Gasteiger partial charge in [-0.3, -0.25) is 4.79 Å². The molecule has 1 heterocycles. The minimum absolute atomic E-state index is 0.117. The van der Waals surface area contributed by atoms with Crippen molar-refractivity contribution >= 4 is 28.5 Å². The van der Waals surface area contributed by atoms with Crippen molar-refractivity contribution < 1.29 is 29.3 Å². The van der Waals surface area contributed by atoms with Crippen LogP contribution in [0.2, 0.25) is 0 Å². The number of aromatic carboxylic acids is 2. The summed E-state index contributed by atoms with van der Waals surface area (Å²) in [6.07, 6.45) is 0. The average Bonchev–Trinajstić information content (AvgIpc) is 2.65. The van der Waals surface area contributed by atoms with E-state index in [-0.39, 0.29) is 16.9 Å². The quantitative estimate of drug-likeness (QED) is 0.522. The average molecular weight is 384 g/mol. The number of nitrogen functional groups attached to an aromatic ring is 1. The van der Waals surface area contributed by atoms with Gasteiger partial charge in [0, 0.05) is 11.1 Å². The van der Waals surface area contributed by atoms with Gasteiger partial charge in [-0.15, -0.1) is 0 Å². The van der Waals surface area contributed by atoms with Crippen molar-refractivity contribution in [1.82, 2.24) is 4.98 Å². The smallest absolute Gasteiger partial charge is 0.342 e. The maximum atomic E-state index is 12.3. The maximum Gasteiger partial charge on any atom is 0.342 e. The Kier molecular flexibility index (Phi) is 4.66. The van der Waals surface area contributed by atoms with Crippen LogP contribution in [0.15, 0.2) is 35.1 Å². The minimum atomic E-state index is -1.60. The van der Waals surface area contributed by atoms with Crippen molar-refractivity contribution in [2.45, 2.75) is 0 Å². The first-order valence-electron chi connectivity index (χ1n) is 7.97. The Hall–Kier alpha value is -4.01. The van der Waals surface area contributed by atoms with E-state index >= 15 is 0 Å². The number of methoxy groups -OCH3 is 2. The fourth-order valence-corrected chi connectivity index (χ4v) is 3.13. The zero-order valence-corrected chi connectivity index (χ0v) is 14.9. The molecular weight excluding hydrogens is 368 g/mol. The molecule has 2 aromatic carbocycles. The number of rotatable bonds is 5. The normalized spacial score (nSPS) is 10.6. The summed E-state index contributed by atoms with van der Waals surface area (Å²) in [5.74, 6) is -2.92. The molecule has 3 aromatic rings. The molecule has 3 rings (SSSR count). The number of fused-ring (bicyclic) bond motifs is 1. The number of hydrogen-bond donors (Lipinski definition) is 4. The van der Waals surface area contributed by atoms with Crippen LogP contribution in [0.25, 0.3) is 21.9 Å². The van der Waals surface area contributed by atoms with Crippen molar-refractivity contribution in [2.75, 3.05) is 20.0 Å². The number of benzene rings is 2. The second kappa shape index (κ2) is 6.95. The number of carboxylic acid groups (broad SMARTS) is 2. The number of hydrogen-bond acceptors (Lipinski definition) is 6. The maximum absolute atomic E-state index is 12.3. The number of carboxylic acids is 2. The zero-order valence-electron chi connectivity index (χ0n) is 14.9. The lowest BCUT2D eigenvalue weighted by Gasteiger charge is -2.17. The fourth-order valence-electron chi connectivity index (χ4n) is 3.13.